The van der Waals surface area contributed by atoms with Crippen molar-refractivity contribution in [2.24, 2.45) is 0 Å². The van der Waals surface area contributed by atoms with Gasteiger partial charge in [-0.3, -0.25) is 0 Å². The maximum atomic E-state index is 2.66. The van der Waals surface area contributed by atoms with Crippen LogP contribution in [0.1, 0.15) is 74.9 Å². The molecule has 0 fully saturated rings. The van der Waals surface area contributed by atoms with E-state index in [2.05, 4.69) is 198 Å². The Labute approximate surface area is 308 Å². The van der Waals surface area contributed by atoms with Crippen molar-refractivity contribution in [2.75, 3.05) is 4.90 Å². The van der Waals surface area contributed by atoms with Gasteiger partial charge in [-0.05, 0) is 96.6 Å². The van der Waals surface area contributed by atoms with Crippen LogP contribution in [0.2, 0.25) is 0 Å². The van der Waals surface area contributed by atoms with Gasteiger partial charge in [-0.25, -0.2) is 0 Å². The Hall–Kier alpha value is -5.66. The summed E-state index contributed by atoms with van der Waals surface area (Å²) in [6.07, 6.45) is 0. The molecule has 7 aromatic rings. The van der Waals surface area contributed by atoms with E-state index in [1.165, 1.54) is 95.0 Å². The maximum Gasteiger partial charge on any atom is 0.0556 e. The zero-order valence-electron chi connectivity index (χ0n) is 30.9. The molecule has 3 aliphatic rings. The highest BCUT2D eigenvalue weighted by molar-refractivity contribution is 6.03. The smallest absolute Gasteiger partial charge is 0.0556 e. The minimum atomic E-state index is -0.224. The molecule has 0 N–H and O–H groups in total. The van der Waals surface area contributed by atoms with Gasteiger partial charge in [-0.2, -0.15) is 0 Å². The molecule has 1 heteroatoms. The predicted molar refractivity (Wildman–Crippen MR) is 219 cm³/mol. The van der Waals surface area contributed by atoms with Crippen LogP contribution >= 0.6 is 0 Å². The van der Waals surface area contributed by atoms with E-state index in [9.17, 15) is 0 Å². The second kappa shape index (κ2) is 10.7. The number of anilines is 3. The Kier molecular flexibility index (Phi) is 6.39. The topological polar surface area (TPSA) is 3.24 Å². The van der Waals surface area contributed by atoms with Crippen LogP contribution < -0.4 is 4.90 Å². The van der Waals surface area contributed by atoms with Crippen molar-refractivity contribution in [3.63, 3.8) is 0 Å². The number of rotatable bonds is 4. The predicted octanol–water partition coefficient (Wildman–Crippen LogP) is 13.7. The summed E-state index contributed by atoms with van der Waals surface area (Å²) in [5.41, 5.74) is 22.0. The first-order valence-corrected chi connectivity index (χ1v) is 18.7. The van der Waals surface area contributed by atoms with Crippen molar-refractivity contribution in [3.05, 3.63) is 185 Å². The van der Waals surface area contributed by atoms with E-state index in [-0.39, 0.29) is 16.2 Å². The Morgan fingerprint density at radius 2 is 0.827 bits per heavy atom. The highest BCUT2D eigenvalue weighted by atomic mass is 15.2. The number of benzene rings is 7. The number of hydrogen-bond acceptors (Lipinski definition) is 1. The van der Waals surface area contributed by atoms with Gasteiger partial charge in [0.1, 0.15) is 0 Å². The van der Waals surface area contributed by atoms with Crippen molar-refractivity contribution in [1.82, 2.24) is 0 Å². The molecule has 0 aliphatic heterocycles. The normalized spacial score (nSPS) is 16.0. The molecule has 0 heterocycles. The Morgan fingerprint density at radius 1 is 0.365 bits per heavy atom. The minimum Gasteiger partial charge on any atom is -0.309 e. The average molecular weight is 670 g/mol. The molecule has 0 spiro atoms. The third kappa shape index (κ3) is 4.05. The molecule has 252 valence electrons. The van der Waals surface area contributed by atoms with Gasteiger partial charge < -0.3 is 4.90 Å². The molecule has 0 bridgehead atoms. The number of fused-ring (bicyclic) bond motifs is 9. The summed E-state index contributed by atoms with van der Waals surface area (Å²) in [5.74, 6) is 0. The summed E-state index contributed by atoms with van der Waals surface area (Å²) in [4.78, 5) is 2.66. The van der Waals surface area contributed by atoms with Crippen molar-refractivity contribution >= 4 is 17.1 Å². The number of nitrogens with zero attached hydrogens (tertiary/aromatic N) is 1. The molecule has 0 aromatic heterocycles. The second-order valence-corrected chi connectivity index (χ2v) is 16.5. The van der Waals surface area contributed by atoms with Gasteiger partial charge in [0.05, 0.1) is 11.4 Å². The van der Waals surface area contributed by atoms with Crippen LogP contribution in [0.5, 0.6) is 0 Å². The molecule has 0 unspecified atom stereocenters. The Balaban J connectivity index is 1.35. The molecule has 0 amide bonds. The van der Waals surface area contributed by atoms with Crippen LogP contribution in [0.25, 0.3) is 44.5 Å². The average Bonchev–Trinajstić information content (AvgIpc) is 3.66. The van der Waals surface area contributed by atoms with E-state index < -0.39 is 0 Å². The highest BCUT2D eigenvalue weighted by Gasteiger charge is 2.47. The quantitative estimate of drug-likeness (QED) is 0.180. The van der Waals surface area contributed by atoms with E-state index in [1.54, 1.807) is 0 Å². The molecule has 0 radical (unpaired) electrons. The zero-order valence-corrected chi connectivity index (χ0v) is 30.9. The van der Waals surface area contributed by atoms with E-state index in [0.717, 1.165) is 0 Å². The lowest BCUT2D eigenvalue weighted by Gasteiger charge is -2.38. The van der Waals surface area contributed by atoms with Gasteiger partial charge in [0, 0.05) is 27.5 Å². The lowest BCUT2D eigenvalue weighted by atomic mass is 9.75. The lowest BCUT2D eigenvalue weighted by Crippen LogP contribution is -2.26. The highest BCUT2D eigenvalue weighted by Crippen LogP contribution is 2.64. The molecule has 0 atom stereocenters. The fraction of sp³-hybridized carbons (Fsp3) is 0.176. The standard InChI is InChI=1S/C51H43N/c1-49(2)42-24-15-12-21-37(42)45-43(49)25-16-26-44(45)52(34-29-27-33(28-30-34)32-17-8-7-9-18-32)48-46-38(35-19-10-13-22-40(35)50(46,3)4)31-39-36-20-11-14-23-41(36)51(5,6)47(39)48/h7-31H,1-6H3. The summed E-state index contributed by atoms with van der Waals surface area (Å²) in [6, 6.07) is 56.9. The molecular formula is C51H43N. The lowest BCUT2D eigenvalue weighted by molar-refractivity contribution is 0.640. The first-order valence-electron chi connectivity index (χ1n) is 18.7. The molecule has 1 nitrogen and oxygen atoms in total. The van der Waals surface area contributed by atoms with Crippen LogP contribution in [0.15, 0.2) is 152 Å². The van der Waals surface area contributed by atoms with Gasteiger partial charge in [0.25, 0.3) is 0 Å². The van der Waals surface area contributed by atoms with Crippen LogP contribution in [0, 0.1) is 0 Å². The molecule has 52 heavy (non-hydrogen) atoms. The maximum absolute atomic E-state index is 2.66. The summed E-state index contributed by atoms with van der Waals surface area (Å²) in [7, 11) is 0. The summed E-state index contributed by atoms with van der Waals surface area (Å²) in [6.45, 7) is 14.5. The van der Waals surface area contributed by atoms with E-state index in [1.807, 2.05) is 0 Å². The third-order valence-electron chi connectivity index (χ3n) is 12.6. The van der Waals surface area contributed by atoms with Gasteiger partial charge >= 0.3 is 0 Å². The Morgan fingerprint density at radius 3 is 1.40 bits per heavy atom. The SMILES string of the molecule is CC1(C)c2ccccc2-c2c(N(c3ccc(-c4ccccc4)cc3)c3c4c(cc5c3C(C)(C)c3ccccc3-5)-c3ccccc3C4(C)C)cccc21. The first kappa shape index (κ1) is 31.1. The molecule has 10 rings (SSSR count). The second-order valence-electron chi connectivity index (χ2n) is 16.5. The minimum absolute atomic E-state index is 0.115. The zero-order chi connectivity index (χ0) is 35.6. The van der Waals surface area contributed by atoms with Crippen LogP contribution in [0.3, 0.4) is 0 Å². The van der Waals surface area contributed by atoms with Crippen LogP contribution in [-0.4, -0.2) is 0 Å². The fourth-order valence-electron chi connectivity index (χ4n) is 10.1. The van der Waals surface area contributed by atoms with Crippen LogP contribution in [0.4, 0.5) is 17.1 Å². The van der Waals surface area contributed by atoms with Gasteiger partial charge in [0.15, 0.2) is 0 Å². The van der Waals surface area contributed by atoms with Crippen molar-refractivity contribution in [3.8, 4) is 44.5 Å². The van der Waals surface area contributed by atoms with E-state index in [4.69, 9.17) is 0 Å². The largest absolute Gasteiger partial charge is 0.309 e. The van der Waals surface area contributed by atoms with Crippen molar-refractivity contribution in [1.29, 1.82) is 0 Å². The van der Waals surface area contributed by atoms with Gasteiger partial charge in [0.2, 0.25) is 0 Å². The first-order chi connectivity index (χ1) is 25.1. The molecule has 0 saturated carbocycles. The van der Waals surface area contributed by atoms with Crippen LogP contribution in [-0.2, 0) is 16.2 Å². The molecule has 3 aliphatic carbocycles. The molecular weight excluding hydrogens is 627 g/mol. The molecule has 7 aromatic carbocycles. The summed E-state index contributed by atoms with van der Waals surface area (Å²) in [5, 5.41) is 0. The summed E-state index contributed by atoms with van der Waals surface area (Å²) < 4.78 is 0. The van der Waals surface area contributed by atoms with Crippen molar-refractivity contribution < 1.29 is 0 Å². The number of hydrogen-bond donors (Lipinski definition) is 0. The monoisotopic (exact) mass is 669 g/mol. The van der Waals surface area contributed by atoms with Crippen molar-refractivity contribution in [2.45, 2.75) is 57.8 Å². The Bertz CT molecular complexity index is 2500. The fourth-order valence-corrected chi connectivity index (χ4v) is 10.1. The third-order valence-corrected chi connectivity index (χ3v) is 12.6. The van der Waals surface area contributed by atoms with E-state index in [0.29, 0.717) is 0 Å². The van der Waals surface area contributed by atoms with Gasteiger partial charge in [-0.15, -0.1) is 0 Å². The summed E-state index contributed by atoms with van der Waals surface area (Å²) >= 11 is 0. The van der Waals surface area contributed by atoms with E-state index >= 15 is 0 Å². The molecule has 0 saturated heterocycles. The van der Waals surface area contributed by atoms with Gasteiger partial charge in [-0.1, -0.05) is 169 Å².